The second kappa shape index (κ2) is 4.77. The number of hydrogen-bond acceptors (Lipinski definition) is 3. The van der Waals surface area contributed by atoms with E-state index in [1.54, 1.807) is 6.92 Å². The van der Waals surface area contributed by atoms with E-state index in [9.17, 15) is 9.59 Å². The van der Waals surface area contributed by atoms with Crippen molar-refractivity contribution in [1.82, 2.24) is 5.06 Å². The standard InChI is InChI=1S/C20H17NO3/c1-2-24-21-19(22)17-15-11-7-3-4-8-12(11)16(18(17)20(21)23)14-10-6-5-9-13(14)15/h3-10,15-18H,2H2,1H3. The topological polar surface area (TPSA) is 46.6 Å². The van der Waals surface area contributed by atoms with Gasteiger partial charge in [0.15, 0.2) is 0 Å². The number of nitrogens with zero attached hydrogens (tertiary/aromatic N) is 1. The summed E-state index contributed by atoms with van der Waals surface area (Å²) in [6.45, 7) is 2.10. The van der Waals surface area contributed by atoms with Crippen LogP contribution >= 0.6 is 0 Å². The summed E-state index contributed by atoms with van der Waals surface area (Å²) in [5, 5.41) is 1.02. The lowest BCUT2D eigenvalue weighted by molar-refractivity contribution is -0.188. The predicted molar refractivity (Wildman–Crippen MR) is 87.0 cm³/mol. The molecular weight excluding hydrogens is 302 g/mol. The van der Waals surface area contributed by atoms with Gasteiger partial charge in [-0.25, -0.2) is 0 Å². The number of hydroxylamine groups is 2. The number of rotatable bonds is 2. The Morgan fingerprint density at radius 1 is 0.792 bits per heavy atom. The summed E-state index contributed by atoms with van der Waals surface area (Å²) in [6.07, 6.45) is 0. The van der Waals surface area contributed by atoms with Gasteiger partial charge in [0.25, 0.3) is 11.8 Å². The van der Waals surface area contributed by atoms with E-state index in [4.69, 9.17) is 4.84 Å². The molecule has 2 unspecified atom stereocenters. The van der Waals surface area contributed by atoms with E-state index in [1.807, 2.05) is 24.3 Å². The maximum Gasteiger partial charge on any atom is 0.258 e. The lowest BCUT2D eigenvalue weighted by atomic mass is 9.55. The maximum atomic E-state index is 12.9. The molecule has 0 radical (unpaired) electrons. The Hall–Kier alpha value is -2.46. The van der Waals surface area contributed by atoms with E-state index >= 15 is 0 Å². The molecule has 4 aliphatic rings. The number of hydrogen-bond donors (Lipinski definition) is 0. The highest BCUT2D eigenvalue weighted by Crippen LogP contribution is 2.60. The molecule has 4 nitrogen and oxygen atoms in total. The Morgan fingerprint density at radius 2 is 1.17 bits per heavy atom. The molecule has 1 saturated heterocycles. The van der Waals surface area contributed by atoms with Crippen LogP contribution in [0.15, 0.2) is 48.5 Å². The molecular formula is C20H17NO3. The van der Waals surface area contributed by atoms with Gasteiger partial charge in [-0.15, -0.1) is 0 Å². The lowest BCUT2D eigenvalue weighted by Gasteiger charge is -2.45. The quantitative estimate of drug-likeness (QED) is 0.800. The minimum Gasteiger partial charge on any atom is -0.272 e. The van der Waals surface area contributed by atoms with Crippen molar-refractivity contribution in [2.45, 2.75) is 18.8 Å². The molecule has 2 amide bonds. The Kier molecular flexibility index (Phi) is 2.77. The van der Waals surface area contributed by atoms with Gasteiger partial charge in [-0.2, -0.15) is 5.06 Å². The van der Waals surface area contributed by atoms with Crippen LogP contribution in [0.3, 0.4) is 0 Å². The van der Waals surface area contributed by atoms with E-state index in [0.717, 1.165) is 5.06 Å². The van der Waals surface area contributed by atoms with Gasteiger partial charge in [-0.3, -0.25) is 14.4 Å². The molecule has 0 saturated carbocycles. The van der Waals surface area contributed by atoms with Gasteiger partial charge in [0.05, 0.1) is 18.4 Å². The largest absolute Gasteiger partial charge is 0.272 e. The van der Waals surface area contributed by atoms with Gasteiger partial charge in [0, 0.05) is 11.8 Å². The monoisotopic (exact) mass is 319 g/mol. The number of carbonyl (C=O) groups excluding carboxylic acids is 2. The first-order valence-corrected chi connectivity index (χ1v) is 8.42. The van der Waals surface area contributed by atoms with Crippen molar-refractivity contribution in [2.75, 3.05) is 6.61 Å². The number of carbonyl (C=O) groups is 2. The van der Waals surface area contributed by atoms with E-state index in [-0.39, 0.29) is 35.5 Å². The molecule has 1 fully saturated rings. The highest BCUT2D eigenvalue weighted by Gasteiger charge is 2.62. The van der Waals surface area contributed by atoms with Crippen LogP contribution in [0.1, 0.15) is 41.0 Å². The third-order valence-corrected chi connectivity index (χ3v) is 5.67. The van der Waals surface area contributed by atoms with Crippen LogP contribution in [-0.4, -0.2) is 23.5 Å². The van der Waals surface area contributed by atoms with Gasteiger partial charge in [0.1, 0.15) is 0 Å². The van der Waals surface area contributed by atoms with Crippen molar-refractivity contribution in [3.05, 3.63) is 70.8 Å². The molecule has 2 aromatic rings. The minimum absolute atomic E-state index is 0.0608. The molecule has 2 bridgehead atoms. The van der Waals surface area contributed by atoms with E-state index < -0.39 is 0 Å². The normalized spacial score (nSPS) is 29.5. The average Bonchev–Trinajstić information content (AvgIpc) is 2.88. The summed E-state index contributed by atoms with van der Waals surface area (Å²) in [6, 6.07) is 16.4. The van der Waals surface area contributed by atoms with Crippen LogP contribution in [-0.2, 0) is 14.4 Å². The molecule has 120 valence electrons. The first-order chi connectivity index (χ1) is 11.7. The third kappa shape index (κ3) is 1.52. The average molecular weight is 319 g/mol. The molecule has 1 heterocycles. The van der Waals surface area contributed by atoms with Crippen molar-refractivity contribution in [3.8, 4) is 0 Å². The van der Waals surface area contributed by atoms with Crippen LogP contribution in [0.5, 0.6) is 0 Å². The van der Waals surface area contributed by atoms with Crippen LogP contribution in [0.25, 0.3) is 0 Å². The zero-order valence-electron chi connectivity index (χ0n) is 13.3. The summed E-state index contributed by atoms with van der Waals surface area (Å²) in [7, 11) is 0. The molecule has 2 aromatic carbocycles. The zero-order chi connectivity index (χ0) is 16.4. The molecule has 4 heteroatoms. The summed E-state index contributed by atoms with van der Waals surface area (Å²) in [4.78, 5) is 31.2. The van der Waals surface area contributed by atoms with Gasteiger partial charge >= 0.3 is 0 Å². The van der Waals surface area contributed by atoms with Gasteiger partial charge < -0.3 is 0 Å². The molecule has 0 N–H and O–H groups in total. The summed E-state index contributed by atoms with van der Waals surface area (Å²) < 4.78 is 0. The van der Waals surface area contributed by atoms with Crippen molar-refractivity contribution in [3.63, 3.8) is 0 Å². The van der Waals surface area contributed by atoms with Crippen molar-refractivity contribution >= 4 is 11.8 Å². The number of imide groups is 1. The maximum absolute atomic E-state index is 12.9. The van der Waals surface area contributed by atoms with Crippen LogP contribution < -0.4 is 0 Å². The van der Waals surface area contributed by atoms with E-state index in [2.05, 4.69) is 24.3 Å². The summed E-state index contributed by atoms with van der Waals surface area (Å²) in [5.41, 5.74) is 4.73. The molecule has 2 atom stereocenters. The fourth-order valence-corrected chi connectivity index (χ4v) is 4.91. The molecule has 1 aliphatic heterocycles. The molecule has 3 aliphatic carbocycles. The number of amides is 2. The smallest absolute Gasteiger partial charge is 0.258 e. The SMILES string of the molecule is CCON1C(=O)C2C3c4ccccc4C(c4ccccc43)C2C1=O. The molecule has 0 aromatic heterocycles. The van der Waals surface area contributed by atoms with Gasteiger partial charge in [-0.1, -0.05) is 48.5 Å². The van der Waals surface area contributed by atoms with Gasteiger partial charge in [0.2, 0.25) is 0 Å². The Morgan fingerprint density at radius 3 is 1.50 bits per heavy atom. The van der Waals surface area contributed by atoms with Gasteiger partial charge in [-0.05, 0) is 29.2 Å². The second-order valence-corrected chi connectivity index (χ2v) is 6.65. The number of benzene rings is 2. The van der Waals surface area contributed by atoms with Crippen molar-refractivity contribution < 1.29 is 14.4 Å². The predicted octanol–water partition coefficient (Wildman–Crippen LogP) is 2.83. The third-order valence-electron chi connectivity index (χ3n) is 5.67. The minimum atomic E-state index is -0.348. The van der Waals surface area contributed by atoms with Crippen LogP contribution in [0.4, 0.5) is 0 Å². The van der Waals surface area contributed by atoms with Crippen LogP contribution in [0, 0.1) is 11.8 Å². The zero-order valence-corrected chi connectivity index (χ0v) is 13.3. The van der Waals surface area contributed by atoms with E-state index in [0.29, 0.717) is 6.61 Å². The first kappa shape index (κ1) is 13.9. The van der Waals surface area contributed by atoms with Crippen molar-refractivity contribution in [2.24, 2.45) is 11.8 Å². The highest BCUT2D eigenvalue weighted by atomic mass is 16.7. The Labute approximate surface area is 140 Å². The second-order valence-electron chi connectivity index (χ2n) is 6.65. The molecule has 6 rings (SSSR count). The lowest BCUT2D eigenvalue weighted by Crippen LogP contribution is -2.41. The highest BCUT2D eigenvalue weighted by molar-refractivity contribution is 6.06. The summed E-state index contributed by atoms with van der Waals surface area (Å²) >= 11 is 0. The molecule has 24 heavy (non-hydrogen) atoms. The fourth-order valence-electron chi connectivity index (χ4n) is 4.91. The van der Waals surface area contributed by atoms with Crippen molar-refractivity contribution in [1.29, 1.82) is 0 Å². The Bertz CT molecular complexity index is 759. The van der Waals surface area contributed by atoms with E-state index in [1.165, 1.54) is 22.3 Å². The molecule has 0 spiro atoms. The first-order valence-electron chi connectivity index (χ1n) is 8.42. The summed E-state index contributed by atoms with van der Waals surface area (Å²) in [5.74, 6) is -1.20. The van der Waals surface area contributed by atoms with Crippen LogP contribution in [0.2, 0.25) is 0 Å². The fraction of sp³-hybridized carbons (Fsp3) is 0.300. The Balaban J connectivity index is 1.77.